The van der Waals surface area contributed by atoms with Gasteiger partial charge in [-0.25, -0.2) is 37.4 Å². The molecule has 0 saturated carbocycles. The maximum atomic E-state index is 4.28. The molecule has 2 aromatic heterocycles. The first-order chi connectivity index (χ1) is 26.3. The molecule has 9 heteroatoms. The van der Waals surface area contributed by atoms with Gasteiger partial charge in [-0.3, -0.25) is 9.97 Å². The van der Waals surface area contributed by atoms with Crippen molar-refractivity contribution in [3.8, 4) is 0 Å². The zero-order chi connectivity index (χ0) is 43.0. The maximum Gasteiger partial charge on any atom is 0.0108 e. The summed E-state index contributed by atoms with van der Waals surface area (Å²) in [6, 6.07) is 11.9. The van der Waals surface area contributed by atoms with E-state index in [1.807, 2.05) is 149 Å². The van der Waals surface area contributed by atoms with E-state index in [9.17, 15) is 0 Å². The molecule has 4 heterocycles. The van der Waals surface area contributed by atoms with Gasteiger partial charge in [0.05, 0.1) is 0 Å². The Labute approximate surface area is 533 Å². The van der Waals surface area contributed by atoms with Crippen LogP contribution in [0.1, 0.15) is 125 Å². The van der Waals surface area contributed by atoms with Gasteiger partial charge in [0, 0.05) is 124 Å². The number of hydrogen-bond donors (Lipinski definition) is 0. The molecule has 0 spiro atoms. The van der Waals surface area contributed by atoms with E-state index in [1.165, 1.54) is 6.42 Å². The fourth-order valence-corrected chi connectivity index (χ4v) is 3.12. The third-order valence-electron chi connectivity index (χ3n) is 5.34. The number of allylic oxidation sites excluding steroid dienone is 10. The number of rotatable bonds is 6. The Balaban J connectivity index is -0.0000000166. The van der Waals surface area contributed by atoms with Gasteiger partial charge in [0.1, 0.15) is 0 Å². The second-order valence-corrected chi connectivity index (χ2v) is 9.54. The van der Waals surface area contributed by atoms with Crippen molar-refractivity contribution in [2.75, 3.05) is 0 Å². The first-order valence-electron chi connectivity index (χ1n) is 19.8. The fourth-order valence-electron chi connectivity index (χ4n) is 3.12. The van der Waals surface area contributed by atoms with E-state index in [1.54, 1.807) is 12.2 Å². The summed E-state index contributed by atoms with van der Waals surface area (Å²) in [5, 5.41) is 8.46. The standard InChI is InChI=1S/2C9H11N.2C9H10N.C3H8.C3H7.4C2H6.13CH3.4Mn.Y/c4*1-3-8-6-5-7-9(4-2)10-8;2*1-3-2;4*1-2;;;;;;;;;;;;;;;;;;/h2*5-7H,1-4H2;2*3,5-7H,1-2,4H2;3H2,1-2H3;3H,1-2H3;4*1-2H3;13*1H3;;;;;/q2*-2;2*-3;;-1;;;;;13*-1;;;;;. The zero-order valence-electron chi connectivity index (χ0n) is 52.1. The molecule has 447 valence electrons. The zero-order valence-corrected chi connectivity index (χ0v) is 59.7. The van der Waals surface area contributed by atoms with Gasteiger partial charge >= 0.3 is 0 Å². The Kier molecular flexibility index (Phi) is 304. The molecular weight excluding hydrogens is 1120 g/mol. The van der Waals surface area contributed by atoms with Gasteiger partial charge < -0.3 is 167 Å². The first kappa shape index (κ1) is 157. The minimum absolute atomic E-state index is 0. The SMILES string of the molecule is CC.CC.CC.CC.CCC.C[CH-]C.[CH2-]C=C1C=CC=C(C[CH2-])[N-]1.[CH2-]C=C1C=CC=C(C[CH2-])[N-]1.[CH2-]Cc1cccc(C[CH2-])n1.[CH2-]Cc1cccc(C[CH2-])n1.[CH3-].[CH3-].[CH3-].[CH3-].[CH3-].[CH3-].[CH3-].[CH3-].[CH3-].[CH3-].[CH3-].[CH3-].[CH3-].[Mn].[Mn].[Mn].[Mn].[Y]. The van der Waals surface area contributed by atoms with E-state index >= 15 is 0 Å². The van der Waals surface area contributed by atoms with Crippen molar-refractivity contribution < 1.29 is 101 Å². The van der Waals surface area contributed by atoms with Crippen molar-refractivity contribution >= 4 is 0 Å². The van der Waals surface area contributed by atoms with Crippen LogP contribution in [0.5, 0.6) is 0 Å². The predicted molar refractivity (Wildman–Crippen MR) is 333 cm³/mol. The molecular formula is C63H120Mn4N4Y-24. The maximum absolute atomic E-state index is 4.28. The van der Waals surface area contributed by atoms with Crippen molar-refractivity contribution in [3.05, 3.63) is 300 Å². The van der Waals surface area contributed by atoms with Crippen LogP contribution < -0.4 is 0 Å². The van der Waals surface area contributed by atoms with Crippen LogP contribution in [-0.4, -0.2) is 9.97 Å². The van der Waals surface area contributed by atoms with Crippen LogP contribution in [0.25, 0.3) is 10.6 Å². The number of aromatic nitrogens is 2. The summed E-state index contributed by atoms with van der Waals surface area (Å²) in [4.78, 5) is 8.57. The monoisotopic (exact) mass is 1240 g/mol. The summed E-state index contributed by atoms with van der Waals surface area (Å²) in [5.41, 5.74) is 8.03. The fraction of sp³-hybridized carbons (Fsp3) is 0.302. The molecule has 0 saturated heterocycles. The number of pyridine rings is 2. The summed E-state index contributed by atoms with van der Waals surface area (Å²) in [6.07, 6.45) is 22.9. The van der Waals surface area contributed by atoms with E-state index in [0.29, 0.717) is 0 Å². The van der Waals surface area contributed by atoms with E-state index in [-0.39, 0.29) is 198 Å². The van der Waals surface area contributed by atoms with Crippen LogP contribution in [0.15, 0.2) is 108 Å². The molecule has 0 N–H and O–H groups in total. The van der Waals surface area contributed by atoms with Crippen LogP contribution >= 0.6 is 0 Å². The molecule has 0 fully saturated rings. The molecule has 4 nitrogen and oxygen atoms in total. The van der Waals surface area contributed by atoms with Crippen LogP contribution in [0.3, 0.4) is 0 Å². The summed E-state index contributed by atoms with van der Waals surface area (Å²) in [6.45, 7) is 54.0. The smallest absolute Gasteiger partial charge is 0.0108 e. The van der Waals surface area contributed by atoms with Crippen LogP contribution in [-0.2, 0) is 127 Å². The molecule has 0 atom stereocenters. The van der Waals surface area contributed by atoms with Crippen molar-refractivity contribution in [1.82, 2.24) is 9.97 Å². The Morgan fingerprint density at radius 1 is 0.431 bits per heavy atom. The minimum atomic E-state index is 0. The Hall–Kier alpha value is -0.738. The average molecular weight is 1240 g/mol. The molecule has 72 heavy (non-hydrogen) atoms. The van der Waals surface area contributed by atoms with E-state index in [0.717, 1.165) is 84.1 Å². The van der Waals surface area contributed by atoms with Crippen LogP contribution in [0.2, 0.25) is 0 Å². The molecule has 2 aliphatic rings. The topological polar surface area (TPSA) is 54.0 Å². The molecule has 0 aliphatic carbocycles. The van der Waals surface area contributed by atoms with Gasteiger partial charge in [-0.15, -0.1) is 25.7 Å². The number of nitrogens with zero attached hydrogens (tertiary/aromatic N) is 4. The van der Waals surface area contributed by atoms with Crippen LogP contribution in [0, 0.1) is 158 Å². The average Bonchev–Trinajstić information content (AvgIpc) is 3.27. The van der Waals surface area contributed by atoms with E-state index in [2.05, 4.69) is 89.8 Å². The Morgan fingerprint density at radius 2 is 0.611 bits per heavy atom. The van der Waals surface area contributed by atoms with Crippen molar-refractivity contribution in [1.29, 1.82) is 0 Å². The predicted octanol–water partition coefficient (Wildman–Crippen LogP) is 21.8. The number of hydrogen-bond acceptors (Lipinski definition) is 2. The summed E-state index contributed by atoms with van der Waals surface area (Å²) >= 11 is 0. The van der Waals surface area contributed by atoms with Gasteiger partial charge in [0.25, 0.3) is 0 Å². The largest absolute Gasteiger partial charge is 0.749 e. The molecule has 5 radical (unpaired) electrons. The second kappa shape index (κ2) is 139. The molecule has 2 aromatic rings. The molecule has 0 amide bonds. The van der Waals surface area contributed by atoms with Crippen molar-refractivity contribution in [2.45, 2.75) is 128 Å². The van der Waals surface area contributed by atoms with Crippen LogP contribution in [0.4, 0.5) is 0 Å². The van der Waals surface area contributed by atoms with E-state index < -0.39 is 0 Å². The minimum Gasteiger partial charge on any atom is -0.749 e. The van der Waals surface area contributed by atoms with Gasteiger partial charge in [-0.2, -0.15) is 38.8 Å². The van der Waals surface area contributed by atoms with Gasteiger partial charge in [0.15, 0.2) is 0 Å². The third kappa shape index (κ3) is 106. The van der Waals surface area contributed by atoms with Gasteiger partial charge in [-0.1, -0.05) is 112 Å². The van der Waals surface area contributed by atoms with Crippen molar-refractivity contribution in [3.63, 3.8) is 0 Å². The Morgan fingerprint density at radius 3 is 0.750 bits per heavy atom. The first-order valence-corrected chi connectivity index (χ1v) is 19.8. The van der Waals surface area contributed by atoms with Gasteiger partial charge in [0.2, 0.25) is 0 Å². The molecule has 0 bridgehead atoms. The van der Waals surface area contributed by atoms with Gasteiger partial charge in [-0.05, 0) is 24.3 Å². The second-order valence-electron chi connectivity index (χ2n) is 9.54. The van der Waals surface area contributed by atoms with Crippen molar-refractivity contribution in [2.24, 2.45) is 0 Å². The Bertz CT molecular complexity index is 1110. The normalized spacial score (nSPS) is 9.25. The molecule has 0 unspecified atom stereocenters. The summed E-state index contributed by atoms with van der Waals surface area (Å²) < 4.78 is 0. The summed E-state index contributed by atoms with van der Waals surface area (Å²) in [7, 11) is 0. The summed E-state index contributed by atoms with van der Waals surface area (Å²) in [5.74, 6) is 0. The third-order valence-corrected chi connectivity index (χ3v) is 5.34. The molecule has 2 aliphatic heterocycles. The van der Waals surface area contributed by atoms with E-state index in [4.69, 9.17) is 0 Å². The quantitative estimate of drug-likeness (QED) is 0.214. The molecule has 0 aromatic carbocycles. The molecule has 4 rings (SSSR count).